The van der Waals surface area contributed by atoms with Crippen LogP contribution in [-0.2, 0) is 24.3 Å². The average Bonchev–Trinajstić information content (AvgIpc) is 2.93. The smallest absolute Gasteiger partial charge is 0.0969 e. The zero-order valence-electron chi connectivity index (χ0n) is 11.9. The lowest BCUT2D eigenvalue weighted by atomic mass is 10.2. The minimum absolute atomic E-state index is 0.142. The van der Waals surface area contributed by atoms with E-state index in [1.54, 1.807) is 10.9 Å². The molecule has 6 heteroatoms. The van der Waals surface area contributed by atoms with Gasteiger partial charge in [0.2, 0.25) is 0 Å². The molecule has 1 aromatic carbocycles. The summed E-state index contributed by atoms with van der Waals surface area (Å²) in [6.45, 7) is 1.22. The number of hydrogen-bond acceptors (Lipinski definition) is 5. The second-order valence-corrected chi connectivity index (χ2v) is 4.91. The summed E-state index contributed by atoms with van der Waals surface area (Å²) in [7, 11) is 0. The predicted octanol–water partition coefficient (Wildman–Crippen LogP) is 0.781. The summed E-state index contributed by atoms with van der Waals surface area (Å²) in [5.74, 6) is 0. The fourth-order valence-corrected chi connectivity index (χ4v) is 1.96. The lowest BCUT2D eigenvalue weighted by molar-refractivity contribution is 0.0185. The van der Waals surface area contributed by atoms with Crippen LogP contribution in [0.25, 0.3) is 0 Å². The van der Waals surface area contributed by atoms with Crippen LogP contribution in [0.5, 0.6) is 0 Å². The second-order valence-electron chi connectivity index (χ2n) is 4.91. The van der Waals surface area contributed by atoms with Gasteiger partial charge < -0.3 is 14.9 Å². The van der Waals surface area contributed by atoms with E-state index in [0.29, 0.717) is 26.0 Å². The summed E-state index contributed by atoms with van der Waals surface area (Å²) >= 11 is 0. The van der Waals surface area contributed by atoms with Gasteiger partial charge >= 0.3 is 0 Å². The highest BCUT2D eigenvalue weighted by Crippen LogP contribution is 2.03. The van der Waals surface area contributed by atoms with Crippen LogP contribution < -0.4 is 0 Å². The monoisotopic (exact) mass is 291 g/mol. The summed E-state index contributed by atoms with van der Waals surface area (Å²) in [6.07, 6.45) is 2.52. The summed E-state index contributed by atoms with van der Waals surface area (Å²) < 4.78 is 7.08. The van der Waals surface area contributed by atoms with E-state index in [1.165, 1.54) is 0 Å². The van der Waals surface area contributed by atoms with Crippen molar-refractivity contribution in [3.8, 4) is 0 Å². The van der Waals surface area contributed by atoms with Crippen molar-refractivity contribution in [3.63, 3.8) is 0 Å². The average molecular weight is 291 g/mol. The zero-order valence-corrected chi connectivity index (χ0v) is 11.9. The Morgan fingerprint density at radius 3 is 2.81 bits per heavy atom. The van der Waals surface area contributed by atoms with Crippen LogP contribution in [0.1, 0.15) is 17.7 Å². The number of aromatic nitrogens is 3. The molecule has 1 aromatic heterocycles. The first-order valence-electron chi connectivity index (χ1n) is 7.07. The molecule has 1 atom stereocenters. The van der Waals surface area contributed by atoms with Crippen LogP contribution in [0.3, 0.4) is 0 Å². The van der Waals surface area contributed by atoms with Crippen LogP contribution in [0.15, 0.2) is 36.5 Å². The van der Waals surface area contributed by atoms with Crippen LogP contribution in [0, 0.1) is 0 Å². The number of benzene rings is 1. The first kappa shape index (κ1) is 15.6. The van der Waals surface area contributed by atoms with Crippen LogP contribution in [0.4, 0.5) is 0 Å². The van der Waals surface area contributed by atoms with E-state index < -0.39 is 6.10 Å². The Labute approximate surface area is 124 Å². The third kappa shape index (κ3) is 5.63. The number of rotatable bonds is 9. The molecule has 0 bridgehead atoms. The van der Waals surface area contributed by atoms with Crippen molar-refractivity contribution >= 4 is 0 Å². The molecule has 2 rings (SSSR count). The molecule has 0 spiro atoms. The number of hydrogen-bond donors (Lipinski definition) is 2. The summed E-state index contributed by atoms with van der Waals surface area (Å²) in [5.41, 5.74) is 1.90. The van der Waals surface area contributed by atoms with Crippen LogP contribution in [0.2, 0.25) is 0 Å². The van der Waals surface area contributed by atoms with Crippen molar-refractivity contribution in [3.05, 3.63) is 47.8 Å². The number of aryl methyl sites for hydroxylation is 1. The molecule has 2 N–H and O–H groups in total. The highest BCUT2D eigenvalue weighted by atomic mass is 16.5. The quantitative estimate of drug-likeness (QED) is 0.713. The number of ether oxygens (including phenoxy) is 1. The summed E-state index contributed by atoms with van der Waals surface area (Å²) in [4.78, 5) is 0. The molecule has 0 amide bonds. The van der Waals surface area contributed by atoms with Crippen molar-refractivity contribution < 1.29 is 14.9 Å². The van der Waals surface area contributed by atoms with Crippen molar-refractivity contribution in [1.29, 1.82) is 0 Å². The lowest BCUT2D eigenvalue weighted by Gasteiger charge is -2.11. The van der Waals surface area contributed by atoms with E-state index in [1.807, 2.05) is 30.3 Å². The lowest BCUT2D eigenvalue weighted by Crippen LogP contribution is -2.22. The molecule has 114 valence electrons. The van der Waals surface area contributed by atoms with Gasteiger partial charge in [0.05, 0.1) is 31.6 Å². The third-order valence-electron chi connectivity index (χ3n) is 3.00. The van der Waals surface area contributed by atoms with Gasteiger partial charge in [0, 0.05) is 12.8 Å². The highest BCUT2D eigenvalue weighted by molar-refractivity contribution is 5.13. The van der Waals surface area contributed by atoms with E-state index in [0.717, 1.165) is 11.3 Å². The minimum Gasteiger partial charge on any atom is -0.396 e. The maximum absolute atomic E-state index is 9.91. The van der Waals surface area contributed by atoms with Gasteiger partial charge in [-0.05, 0) is 18.4 Å². The summed E-state index contributed by atoms with van der Waals surface area (Å²) in [5, 5.41) is 26.6. The normalized spacial score (nSPS) is 12.5. The molecule has 0 aliphatic carbocycles. The molecule has 1 unspecified atom stereocenters. The van der Waals surface area contributed by atoms with Crippen molar-refractivity contribution in [2.75, 3.05) is 13.2 Å². The first-order chi connectivity index (χ1) is 10.3. The molecule has 0 saturated heterocycles. The SMILES string of the molecule is OCCCc1cn(CC(O)COCc2ccccc2)nn1. The standard InChI is InChI=1S/C15H21N3O3/c19-8-4-7-14-9-18(17-16-14)10-15(20)12-21-11-13-5-2-1-3-6-13/h1-3,5-6,9,15,19-20H,4,7-8,10-12H2. The maximum atomic E-state index is 9.91. The minimum atomic E-state index is -0.624. The highest BCUT2D eigenvalue weighted by Gasteiger charge is 2.08. The molecule has 0 aliphatic rings. The molecule has 0 fully saturated rings. The van der Waals surface area contributed by atoms with Gasteiger partial charge in [-0.2, -0.15) is 0 Å². The molecule has 21 heavy (non-hydrogen) atoms. The maximum Gasteiger partial charge on any atom is 0.0969 e. The Hall–Kier alpha value is -1.76. The Bertz CT molecular complexity index is 516. The molecule has 0 saturated carbocycles. The molecular weight excluding hydrogens is 270 g/mol. The van der Waals surface area contributed by atoms with E-state index in [4.69, 9.17) is 9.84 Å². The molecule has 0 aliphatic heterocycles. The van der Waals surface area contributed by atoms with E-state index >= 15 is 0 Å². The van der Waals surface area contributed by atoms with Crippen molar-refractivity contribution in [1.82, 2.24) is 15.0 Å². The predicted molar refractivity (Wildman–Crippen MR) is 77.5 cm³/mol. The van der Waals surface area contributed by atoms with Crippen molar-refractivity contribution in [2.24, 2.45) is 0 Å². The van der Waals surface area contributed by atoms with Gasteiger partial charge in [-0.1, -0.05) is 35.5 Å². The summed E-state index contributed by atoms with van der Waals surface area (Å²) in [6, 6.07) is 9.84. The van der Waals surface area contributed by atoms with Crippen LogP contribution in [-0.4, -0.2) is 44.5 Å². The van der Waals surface area contributed by atoms with E-state index in [-0.39, 0.29) is 13.2 Å². The van der Waals surface area contributed by atoms with Gasteiger partial charge in [-0.3, -0.25) is 0 Å². The molecule has 0 radical (unpaired) electrons. The number of aliphatic hydroxyl groups excluding tert-OH is 2. The fourth-order valence-electron chi connectivity index (χ4n) is 1.96. The Kier molecular flexibility index (Phi) is 6.33. The van der Waals surface area contributed by atoms with Crippen LogP contribution >= 0.6 is 0 Å². The van der Waals surface area contributed by atoms with Gasteiger partial charge in [-0.15, -0.1) is 5.10 Å². The third-order valence-corrected chi connectivity index (χ3v) is 3.00. The topological polar surface area (TPSA) is 80.4 Å². The van der Waals surface area contributed by atoms with E-state index in [2.05, 4.69) is 10.3 Å². The molecule has 1 heterocycles. The number of nitrogens with zero attached hydrogens (tertiary/aromatic N) is 3. The molecule has 6 nitrogen and oxygen atoms in total. The van der Waals surface area contributed by atoms with Gasteiger partial charge in [-0.25, -0.2) is 4.68 Å². The van der Waals surface area contributed by atoms with E-state index in [9.17, 15) is 5.11 Å². The Morgan fingerprint density at radius 2 is 2.05 bits per heavy atom. The zero-order chi connectivity index (χ0) is 14.9. The Balaban J connectivity index is 1.69. The van der Waals surface area contributed by atoms with Gasteiger partial charge in [0.1, 0.15) is 0 Å². The second kappa shape index (κ2) is 8.51. The number of aliphatic hydroxyl groups is 2. The Morgan fingerprint density at radius 1 is 1.24 bits per heavy atom. The molecular formula is C15H21N3O3. The fraction of sp³-hybridized carbons (Fsp3) is 0.467. The first-order valence-corrected chi connectivity index (χ1v) is 7.07. The largest absolute Gasteiger partial charge is 0.396 e. The van der Waals surface area contributed by atoms with Crippen molar-refractivity contribution in [2.45, 2.75) is 32.1 Å². The van der Waals surface area contributed by atoms with Gasteiger partial charge in [0.15, 0.2) is 0 Å². The van der Waals surface area contributed by atoms with Gasteiger partial charge in [0.25, 0.3) is 0 Å². The molecule has 2 aromatic rings.